The van der Waals surface area contributed by atoms with E-state index in [1.807, 2.05) is 22.6 Å². The van der Waals surface area contributed by atoms with E-state index in [2.05, 4.69) is 36.8 Å². The molecule has 0 fully saturated rings. The van der Waals surface area contributed by atoms with Crippen molar-refractivity contribution in [3.8, 4) is 0 Å². The Morgan fingerprint density at radius 2 is 2.00 bits per heavy atom. The lowest BCUT2D eigenvalue weighted by atomic mass is 10.4. The Balaban J connectivity index is 3.28. The van der Waals surface area contributed by atoms with Crippen LogP contribution in [0.3, 0.4) is 0 Å². The molecule has 0 aliphatic carbocycles. The summed E-state index contributed by atoms with van der Waals surface area (Å²) in [6.45, 7) is 0. The second-order valence-corrected chi connectivity index (χ2v) is 4.69. The van der Waals surface area contributed by atoms with E-state index in [1.165, 1.54) is 0 Å². The Morgan fingerprint density at radius 1 is 1.42 bits per heavy atom. The van der Waals surface area contributed by atoms with Gasteiger partial charge in [-0.1, -0.05) is 0 Å². The number of hydrogen-bond acceptors (Lipinski definition) is 1. The highest BCUT2D eigenvalue weighted by atomic mass is 127. The van der Waals surface area contributed by atoms with Crippen molar-refractivity contribution in [3.63, 3.8) is 0 Å². The van der Waals surface area contributed by atoms with Crippen LogP contribution < -0.4 is 0 Å². The lowest BCUT2D eigenvalue weighted by Crippen LogP contribution is -1.94. The summed E-state index contributed by atoms with van der Waals surface area (Å²) in [7, 11) is 0. The quantitative estimate of drug-likeness (QED) is 0.499. The minimum absolute atomic E-state index is 0.228. The molecule has 0 saturated carbocycles. The van der Waals surface area contributed by atoms with Crippen LogP contribution >= 0.6 is 54.5 Å². The molecule has 1 rings (SSSR count). The molecule has 1 heterocycles. The van der Waals surface area contributed by atoms with Crippen molar-refractivity contribution >= 4 is 54.5 Å². The zero-order chi connectivity index (χ0) is 9.30. The monoisotopic (exact) mass is 411 g/mol. The van der Waals surface area contributed by atoms with Crippen LogP contribution in [0.15, 0.2) is 15.1 Å². The summed E-state index contributed by atoms with van der Waals surface area (Å²) in [6.07, 6.45) is -2.55. The molecule has 1 aromatic rings. The lowest BCUT2D eigenvalue weighted by molar-refractivity contribution is 0.145. The Hall–Kier alpha value is 0.700. The van der Waals surface area contributed by atoms with E-state index in [-0.39, 0.29) is 5.69 Å². The number of rotatable bonds is 1. The highest BCUT2D eigenvalue weighted by Gasteiger charge is 2.16. The molecule has 1 nitrogen and oxygen atoms in total. The molecule has 0 unspecified atom stereocenters. The second kappa shape index (κ2) is 4.28. The summed E-state index contributed by atoms with van der Waals surface area (Å²) in [5.41, 5.74) is -0.228. The maximum Gasteiger partial charge on any atom is 0.281 e. The van der Waals surface area contributed by atoms with Crippen molar-refractivity contribution in [1.82, 2.24) is 4.98 Å². The van der Waals surface area contributed by atoms with Crippen molar-refractivity contribution in [1.29, 1.82) is 0 Å². The second-order valence-electron chi connectivity index (χ2n) is 1.93. The van der Waals surface area contributed by atoms with Gasteiger partial charge in [0.05, 0.1) is 4.47 Å². The molecule has 1 aromatic heterocycles. The van der Waals surface area contributed by atoms with Crippen molar-refractivity contribution in [3.05, 3.63) is 24.4 Å². The average Bonchev–Trinajstić information content (AvgIpc) is 1.96. The minimum Gasteiger partial charge on any atom is -0.239 e. The Labute approximate surface area is 98.3 Å². The van der Waals surface area contributed by atoms with Gasteiger partial charge in [-0.05, 0) is 60.5 Å². The molecule has 0 aliphatic rings. The van der Waals surface area contributed by atoms with Gasteiger partial charge in [0.1, 0.15) is 10.3 Å². The number of hydrogen-bond donors (Lipinski definition) is 0. The van der Waals surface area contributed by atoms with Gasteiger partial charge in [0.25, 0.3) is 6.43 Å². The molecule has 0 aromatic carbocycles. The van der Waals surface area contributed by atoms with E-state index >= 15 is 0 Å². The largest absolute Gasteiger partial charge is 0.281 e. The molecule has 0 aliphatic heterocycles. The van der Waals surface area contributed by atoms with E-state index in [1.54, 1.807) is 6.07 Å². The zero-order valence-electron chi connectivity index (χ0n) is 5.49. The first-order valence-corrected chi connectivity index (χ1v) is 5.48. The van der Waals surface area contributed by atoms with Gasteiger partial charge < -0.3 is 0 Å². The zero-order valence-corrected chi connectivity index (χ0v) is 10.8. The van der Waals surface area contributed by atoms with Crippen molar-refractivity contribution < 1.29 is 8.78 Å². The summed E-state index contributed by atoms with van der Waals surface area (Å²) < 4.78 is 26.0. The van der Waals surface area contributed by atoms with Crippen LogP contribution in [0.25, 0.3) is 0 Å². The van der Waals surface area contributed by atoms with Crippen LogP contribution in [0.1, 0.15) is 12.1 Å². The molecule has 12 heavy (non-hydrogen) atoms. The SMILES string of the molecule is FC(F)c1nc(Br)cc(I)c1Br. The van der Waals surface area contributed by atoms with E-state index in [9.17, 15) is 8.78 Å². The molecule has 6 heteroatoms. The first kappa shape index (κ1) is 10.8. The van der Waals surface area contributed by atoms with Gasteiger partial charge in [-0.15, -0.1) is 0 Å². The summed E-state index contributed by atoms with van der Waals surface area (Å²) in [4.78, 5) is 3.65. The topological polar surface area (TPSA) is 12.9 Å². The highest BCUT2D eigenvalue weighted by Crippen LogP contribution is 2.31. The first-order chi connectivity index (χ1) is 5.52. The number of alkyl halides is 2. The van der Waals surface area contributed by atoms with Gasteiger partial charge in [0.15, 0.2) is 0 Å². The molecule has 0 bridgehead atoms. The molecule has 0 N–H and O–H groups in total. The molecule has 66 valence electrons. The van der Waals surface area contributed by atoms with Crippen LogP contribution in [0, 0.1) is 3.57 Å². The van der Waals surface area contributed by atoms with Crippen molar-refractivity contribution in [2.24, 2.45) is 0 Å². The molecular weight excluding hydrogens is 411 g/mol. The van der Waals surface area contributed by atoms with Crippen LogP contribution in [-0.4, -0.2) is 4.98 Å². The first-order valence-electron chi connectivity index (χ1n) is 2.82. The standard InChI is InChI=1S/C6H2Br2F2IN/c7-3-1-2(11)4(8)5(12-3)6(9)10/h1,6H. The van der Waals surface area contributed by atoms with Crippen LogP contribution in [0.2, 0.25) is 0 Å². The summed E-state index contributed by atoms with van der Waals surface area (Å²) in [5, 5.41) is 0. The van der Waals surface area contributed by atoms with E-state index < -0.39 is 6.43 Å². The van der Waals surface area contributed by atoms with Crippen LogP contribution in [-0.2, 0) is 0 Å². The number of aromatic nitrogens is 1. The van der Waals surface area contributed by atoms with Gasteiger partial charge in [-0.2, -0.15) is 0 Å². The Kier molecular flexibility index (Phi) is 3.84. The van der Waals surface area contributed by atoms with Crippen molar-refractivity contribution in [2.45, 2.75) is 6.43 Å². The minimum atomic E-state index is -2.55. The molecule has 0 radical (unpaired) electrons. The molecule has 0 spiro atoms. The summed E-state index contributed by atoms with van der Waals surface area (Å²) in [6, 6.07) is 1.66. The highest BCUT2D eigenvalue weighted by molar-refractivity contribution is 14.1. The third-order valence-corrected chi connectivity index (χ3v) is 3.95. The fourth-order valence-electron chi connectivity index (χ4n) is 0.631. The maximum absolute atomic E-state index is 12.3. The fraction of sp³-hybridized carbons (Fsp3) is 0.167. The third-order valence-electron chi connectivity index (χ3n) is 1.11. The summed E-state index contributed by atoms with van der Waals surface area (Å²) >= 11 is 8.05. The average molecular weight is 413 g/mol. The van der Waals surface area contributed by atoms with Gasteiger partial charge in [0, 0.05) is 3.57 Å². The molecule has 0 saturated heterocycles. The predicted molar refractivity (Wildman–Crippen MR) is 57.3 cm³/mol. The van der Waals surface area contributed by atoms with Gasteiger partial charge in [-0.25, -0.2) is 13.8 Å². The predicted octanol–water partition coefficient (Wildman–Crippen LogP) is 4.15. The van der Waals surface area contributed by atoms with Crippen molar-refractivity contribution in [2.75, 3.05) is 0 Å². The molecule has 0 amide bonds. The number of nitrogens with zero attached hydrogens (tertiary/aromatic N) is 1. The van der Waals surface area contributed by atoms with Crippen LogP contribution in [0.5, 0.6) is 0 Å². The molecular formula is C6H2Br2F2IN. The van der Waals surface area contributed by atoms with Gasteiger partial charge in [-0.3, -0.25) is 0 Å². The van der Waals surface area contributed by atoms with Gasteiger partial charge in [0.2, 0.25) is 0 Å². The Morgan fingerprint density at radius 3 is 2.50 bits per heavy atom. The third kappa shape index (κ3) is 2.35. The lowest BCUT2D eigenvalue weighted by Gasteiger charge is -2.04. The number of pyridine rings is 1. The smallest absolute Gasteiger partial charge is 0.239 e. The number of halogens is 5. The van der Waals surface area contributed by atoms with Crippen LogP contribution in [0.4, 0.5) is 8.78 Å². The van der Waals surface area contributed by atoms with E-state index in [0.29, 0.717) is 12.6 Å². The summed E-state index contributed by atoms with van der Waals surface area (Å²) in [5.74, 6) is 0. The maximum atomic E-state index is 12.3. The van der Waals surface area contributed by atoms with Gasteiger partial charge >= 0.3 is 0 Å². The van der Waals surface area contributed by atoms with E-state index in [4.69, 9.17) is 0 Å². The Bertz CT molecular complexity index is 306. The fourth-order valence-corrected chi connectivity index (χ4v) is 2.43. The van der Waals surface area contributed by atoms with E-state index in [0.717, 1.165) is 0 Å². The molecule has 0 atom stereocenters. The normalized spacial score (nSPS) is 10.8.